The summed E-state index contributed by atoms with van der Waals surface area (Å²) >= 11 is 0. The predicted molar refractivity (Wildman–Crippen MR) is 61.5 cm³/mol. The zero-order valence-corrected chi connectivity index (χ0v) is 10.1. The van der Waals surface area contributed by atoms with Crippen molar-refractivity contribution in [1.29, 1.82) is 0 Å². The van der Waals surface area contributed by atoms with Crippen LogP contribution in [0.3, 0.4) is 0 Å². The van der Waals surface area contributed by atoms with E-state index < -0.39 is 0 Å². The summed E-state index contributed by atoms with van der Waals surface area (Å²) < 4.78 is 0. The highest BCUT2D eigenvalue weighted by Gasteiger charge is 2.68. The van der Waals surface area contributed by atoms with Crippen LogP contribution in [0.25, 0.3) is 0 Å². The number of carbonyl (C=O) groups excluding carboxylic acids is 1. The van der Waals surface area contributed by atoms with E-state index in [4.69, 9.17) is 0 Å². The Labute approximate surface area is 90.7 Å². The lowest BCUT2D eigenvalue weighted by Crippen LogP contribution is -2.48. The third kappa shape index (κ3) is 1.04. The minimum absolute atomic E-state index is 0.113. The van der Waals surface area contributed by atoms with Crippen molar-refractivity contribution in [2.45, 2.75) is 34.1 Å². The van der Waals surface area contributed by atoms with Crippen LogP contribution in [0.15, 0.2) is 9.98 Å². The van der Waals surface area contributed by atoms with E-state index in [1.807, 2.05) is 0 Å². The molecule has 0 saturated heterocycles. The third-order valence-corrected chi connectivity index (χ3v) is 4.50. The molecule has 0 aromatic rings. The Morgan fingerprint density at radius 1 is 1.40 bits per heavy atom. The molecular weight excluding hydrogens is 188 g/mol. The van der Waals surface area contributed by atoms with Gasteiger partial charge in [-0.1, -0.05) is 20.8 Å². The number of fused-ring (bicyclic) bond motifs is 1. The van der Waals surface area contributed by atoms with Gasteiger partial charge in [-0.05, 0) is 11.8 Å². The Hall–Kier alpha value is -0.990. The number of aliphatic imine (C=N–C) groups is 2. The molecule has 82 valence electrons. The number of amides is 1. The minimum atomic E-state index is -0.113. The van der Waals surface area contributed by atoms with E-state index >= 15 is 0 Å². The van der Waals surface area contributed by atoms with Crippen LogP contribution in [0.4, 0.5) is 0 Å². The van der Waals surface area contributed by atoms with E-state index in [1.54, 1.807) is 7.05 Å². The van der Waals surface area contributed by atoms with Crippen LogP contribution in [0, 0.1) is 16.7 Å². The van der Waals surface area contributed by atoms with E-state index in [0.29, 0.717) is 5.92 Å². The maximum absolute atomic E-state index is 11.1. The number of nitrogens with zero attached hydrogens (tertiary/aromatic N) is 2. The van der Waals surface area contributed by atoms with Crippen molar-refractivity contribution in [3.8, 4) is 0 Å². The minimum Gasteiger partial charge on any atom is -0.291 e. The lowest BCUT2D eigenvalue weighted by Gasteiger charge is -2.51. The van der Waals surface area contributed by atoms with Crippen molar-refractivity contribution in [1.82, 2.24) is 0 Å². The lowest BCUT2D eigenvalue weighted by atomic mass is 9.51. The molecule has 2 atom stereocenters. The van der Waals surface area contributed by atoms with E-state index in [1.165, 1.54) is 6.92 Å². The highest BCUT2D eigenvalue weighted by atomic mass is 16.1. The number of hydrogen-bond donors (Lipinski definition) is 0. The molecule has 2 bridgehead atoms. The first-order chi connectivity index (χ1) is 6.84. The largest absolute Gasteiger partial charge is 0.291 e. The second kappa shape index (κ2) is 2.77. The monoisotopic (exact) mass is 206 g/mol. The Morgan fingerprint density at radius 2 is 2.00 bits per heavy atom. The molecular formula is C12H18N2O. The molecule has 0 aromatic heterocycles. The van der Waals surface area contributed by atoms with E-state index in [0.717, 1.165) is 17.8 Å². The smallest absolute Gasteiger partial charge is 0.242 e. The van der Waals surface area contributed by atoms with Crippen LogP contribution in [-0.2, 0) is 4.79 Å². The fraction of sp³-hybridized carbons (Fsp3) is 0.750. The van der Waals surface area contributed by atoms with Gasteiger partial charge in [-0.3, -0.25) is 9.79 Å². The summed E-state index contributed by atoms with van der Waals surface area (Å²) in [4.78, 5) is 19.6. The van der Waals surface area contributed by atoms with Crippen LogP contribution in [-0.4, -0.2) is 24.4 Å². The van der Waals surface area contributed by atoms with Crippen molar-refractivity contribution in [2.24, 2.45) is 26.7 Å². The van der Waals surface area contributed by atoms with Gasteiger partial charge in [-0.25, -0.2) is 4.99 Å². The second-order valence-corrected chi connectivity index (χ2v) is 5.40. The molecule has 3 rings (SSSR count). The van der Waals surface area contributed by atoms with Crippen molar-refractivity contribution in [3.05, 3.63) is 0 Å². The first kappa shape index (κ1) is 10.5. The average Bonchev–Trinajstić information content (AvgIpc) is 2.48. The molecule has 3 aliphatic carbocycles. The van der Waals surface area contributed by atoms with Crippen molar-refractivity contribution in [2.75, 3.05) is 7.05 Å². The predicted octanol–water partition coefficient (Wildman–Crippen LogP) is 2.11. The van der Waals surface area contributed by atoms with Gasteiger partial charge < -0.3 is 0 Å². The Balaban J connectivity index is 2.52. The molecule has 15 heavy (non-hydrogen) atoms. The Morgan fingerprint density at radius 3 is 2.40 bits per heavy atom. The highest BCUT2D eigenvalue weighted by Crippen LogP contribution is 2.67. The standard InChI is InChI=1S/C12H18N2O/c1-7(15)14-9-8-6-12(4,10(9)13-5)11(8,2)3/h8H,6H2,1-5H3. The summed E-state index contributed by atoms with van der Waals surface area (Å²) in [5, 5.41) is 0. The Bertz CT molecular complexity index is 392. The van der Waals surface area contributed by atoms with Gasteiger partial charge in [0.1, 0.15) is 0 Å². The molecule has 3 heteroatoms. The molecule has 3 nitrogen and oxygen atoms in total. The van der Waals surface area contributed by atoms with Gasteiger partial charge >= 0.3 is 0 Å². The summed E-state index contributed by atoms with van der Waals surface area (Å²) in [5.74, 6) is 0.309. The third-order valence-electron chi connectivity index (χ3n) is 4.50. The quantitative estimate of drug-likeness (QED) is 0.598. The molecule has 0 radical (unpaired) electrons. The van der Waals surface area contributed by atoms with Crippen LogP contribution >= 0.6 is 0 Å². The summed E-state index contributed by atoms with van der Waals surface area (Å²) in [6.45, 7) is 8.23. The summed E-state index contributed by atoms with van der Waals surface area (Å²) in [6, 6.07) is 0. The van der Waals surface area contributed by atoms with Gasteiger partial charge in [-0.15, -0.1) is 0 Å². The average molecular weight is 206 g/mol. The molecule has 0 aliphatic heterocycles. The van der Waals surface area contributed by atoms with Gasteiger partial charge in [0.15, 0.2) is 0 Å². The normalized spacial score (nSPS) is 42.1. The van der Waals surface area contributed by atoms with Crippen LogP contribution in [0.5, 0.6) is 0 Å². The highest BCUT2D eigenvalue weighted by molar-refractivity contribution is 6.50. The fourth-order valence-corrected chi connectivity index (χ4v) is 3.13. The van der Waals surface area contributed by atoms with Gasteiger partial charge in [-0.2, -0.15) is 0 Å². The molecule has 3 aliphatic rings. The summed E-state index contributed by atoms with van der Waals surface area (Å²) in [7, 11) is 1.80. The molecule has 0 heterocycles. The molecule has 0 spiro atoms. The van der Waals surface area contributed by atoms with Crippen molar-refractivity contribution >= 4 is 17.3 Å². The van der Waals surface area contributed by atoms with Crippen LogP contribution in [0.2, 0.25) is 0 Å². The Kier molecular flexibility index (Phi) is 1.95. The SMILES string of the molecule is CN=C1C(=NC(C)=O)C2CC1(C)C2(C)C. The number of rotatable bonds is 0. The molecule has 2 unspecified atom stereocenters. The molecule has 0 aromatic carbocycles. The van der Waals surface area contributed by atoms with E-state index in [-0.39, 0.29) is 16.7 Å². The van der Waals surface area contributed by atoms with E-state index in [2.05, 4.69) is 30.8 Å². The zero-order valence-electron chi connectivity index (χ0n) is 10.1. The first-order valence-corrected chi connectivity index (χ1v) is 5.41. The van der Waals surface area contributed by atoms with Crippen LogP contribution in [0.1, 0.15) is 34.1 Å². The lowest BCUT2D eigenvalue weighted by molar-refractivity contribution is -0.115. The van der Waals surface area contributed by atoms with Gasteiger partial charge in [0.2, 0.25) is 5.91 Å². The van der Waals surface area contributed by atoms with Gasteiger partial charge in [0.05, 0.1) is 11.4 Å². The van der Waals surface area contributed by atoms with E-state index in [9.17, 15) is 4.79 Å². The summed E-state index contributed by atoms with van der Waals surface area (Å²) in [5.41, 5.74) is 2.32. The topological polar surface area (TPSA) is 41.8 Å². The van der Waals surface area contributed by atoms with Crippen molar-refractivity contribution < 1.29 is 4.79 Å². The molecule has 0 N–H and O–H groups in total. The fourth-order valence-electron chi connectivity index (χ4n) is 3.13. The molecule has 3 fully saturated rings. The molecule has 3 saturated carbocycles. The van der Waals surface area contributed by atoms with Gasteiger partial charge in [0, 0.05) is 25.3 Å². The maximum Gasteiger partial charge on any atom is 0.242 e. The number of carbonyl (C=O) groups is 1. The second-order valence-electron chi connectivity index (χ2n) is 5.40. The van der Waals surface area contributed by atoms with Gasteiger partial charge in [0.25, 0.3) is 0 Å². The van der Waals surface area contributed by atoms with Crippen LogP contribution < -0.4 is 0 Å². The summed E-state index contributed by atoms with van der Waals surface area (Å²) in [6.07, 6.45) is 1.10. The zero-order chi connectivity index (χ0) is 11.4. The maximum atomic E-state index is 11.1. The number of hydrogen-bond acceptors (Lipinski definition) is 2. The van der Waals surface area contributed by atoms with Crippen molar-refractivity contribution in [3.63, 3.8) is 0 Å². The molecule has 1 amide bonds. The first-order valence-electron chi connectivity index (χ1n) is 5.41.